The number of carbonyl (C=O) groups is 2. The summed E-state index contributed by atoms with van der Waals surface area (Å²) in [6.07, 6.45) is -0.309. The van der Waals surface area contributed by atoms with Crippen LogP contribution in [0.15, 0.2) is 54.6 Å². The van der Waals surface area contributed by atoms with E-state index in [1.807, 2.05) is 48.5 Å². The fraction of sp³-hybridized carbons (Fsp3) is 0.348. The average molecular weight is 411 g/mol. The van der Waals surface area contributed by atoms with Crippen molar-refractivity contribution in [1.82, 2.24) is 0 Å². The quantitative estimate of drug-likeness (QED) is 0.667. The van der Waals surface area contributed by atoms with Gasteiger partial charge in [-0.2, -0.15) is 5.26 Å². The fourth-order valence-corrected chi connectivity index (χ4v) is 4.00. The van der Waals surface area contributed by atoms with Crippen molar-refractivity contribution in [2.75, 3.05) is 4.90 Å². The van der Waals surface area contributed by atoms with Gasteiger partial charge in [0.05, 0.1) is 17.2 Å². The molecule has 1 aliphatic rings. The minimum Gasteiger partial charge on any atom is -0.443 e. The van der Waals surface area contributed by atoms with E-state index >= 15 is 0 Å². The van der Waals surface area contributed by atoms with Crippen LogP contribution in [0.2, 0.25) is 0 Å². The highest BCUT2D eigenvalue weighted by Gasteiger charge is 2.54. The van der Waals surface area contributed by atoms with E-state index in [1.54, 1.807) is 32.9 Å². The van der Waals surface area contributed by atoms with Crippen LogP contribution in [-0.4, -0.2) is 23.0 Å². The number of carbonyl (C=O) groups excluding carboxylic acids is 2. The summed E-state index contributed by atoms with van der Waals surface area (Å²) in [5.74, 6) is -0.419. The molecule has 2 aromatic rings. The summed E-state index contributed by atoms with van der Waals surface area (Å²) in [5.41, 5.74) is 0.198. The van der Waals surface area contributed by atoms with Crippen molar-refractivity contribution in [3.05, 3.63) is 65.7 Å². The summed E-state index contributed by atoms with van der Waals surface area (Å²) in [4.78, 5) is 27.7. The number of para-hydroxylation sites is 1. The van der Waals surface area contributed by atoms with Gasteiger partial charge in [0.2, 0.25) is 5.91 Å². The number of halogens is 1. The van der Waals surface area contributed by atoms with E-state index in [4.69, 9.17) is 16.3 Å². The number of nitriles is 1. The van der Waals surface area contributed by atoms with Crippen LogP contribution >= 0.6 is 11.6 Å². The summed E-state index contributed by atoms with van der Waals surface area (Å²) in [7, 11) is 0. The van der Waals surface area contributed by atoms with Crippen molar-refractivity contribution in [2.45, 2.75) is 50.0 Å². The van der Waals surface area contributed by atoms with E-state index in [0.717, 1.165) is 10.5 Å². The molecule has 2 atom stereocenters. The number of fused-ring (bicyclic) bond motifs is 1. The number of nitrogens with zero attached hydrogens (tertiary/aromatic N) is 2. The molecular formula is C23H23ClN2O3. The highest BCUT2D eigenvalue weighted by atomic mass is 35.5. The molecule has 2 aromatic carbocycles. The molecule has 3 rings (SSSR count). The van der Waals surface area contributed by atoms with Gasteiger partial charge in [-0.05, 0) is 50.8 Å². The molecule has 29 heavy (non-hydrogen) atoms. The molecular weight excluding hydrogens is 388 g/mol. The number of hydrogen-bond donors (Lipinski definition) is 0. The van der Waals surface area contributed by atoms with Crippen molar-refractivity contribution in [2.24, 2.45) is 0 Å². The minimum absolute atomic E-state index is 0.0924. The monoisotopic (exact) mass is 410 g/mol. The maximum Gasteiger partial charge on any atom is 0.421 e. The molecule has 0 saturated heterocycles. The number of amides is 2. The summed E-state index contributed by atoms with van der Waals surface area (Å²) < 4.78 is 5.49. The maximum atomic E-state index is 13.7. The Hall–Kier alpha value is -2.84. The van der Waals surface area contributed by atoms with E-state index in [0.29, 0.717) is 17.7 Å². The molecule has 0 fully saturated rings. The van der Waals surface area contributed by atoms with Crippen LogP contribution in [0.4, 0.5) is 10.5 Å². The van der Waals surface area contributed by atoms with Crippen LogP contribution in [0.1, 0.15) is 38.3 Å². The summed E-state index contributed by atoms with van der Waals surface area (Å²) in [6, 6.07) is 18.7. The van der Waals surface area contributed by atoms with Crippen LogP contribution in [0.5, 0.6) is 0 Å². The van der Waals surface area contributed by atoms with Crippen LogP contribution in [-0.2, 0) is 21.4 Å². The minimum atomic E-state index is -1.13. The van der Waals surface area contributed by atoms with E-state index in [1.165, 1.54) is 0 Å². The molecule has 0 bridgehead atoms. The van der Waals surface area contributed by atoms with Crippen molar-refractivity contribution < 1.29 is 14.3 Å². The first kappa shape index (κ1) is 20.9. The Morgan fingerprint density at radius 2 is 1.79 bits per heavy atom. The number of alkyl halides is 1. The second kappa shape index (κ2) is 7.88. The fourth-order valence-electron chi connectivity index (χ4n) is 3.74. The molecule has 0 aliphatic carbocycles. The largest absolute Gasteiger partial charge is 0.443 e. The molecule has 0 aromatic heterocycles. The van der Waals surface area contributed by atoms with E-state index in [2.05, 4.69) is 0 Å². The molecule has 0 unspecified atom stereocenters. The zero-order valence-corrected chi connectivity index (χ0v) is 17.4. The Morgan fingerprint density at radius 3 is 2.41 bits per heavy atom. The third-order valence-corrected chi connectivity index (χ3v) is 5.12. The molecule has 6 heteroatoms. The molecule has 0 N–H and O–H groups in total. The zero-order chi connectivity index (χ0) is 21.2. The normalized spacial score (nSPS) is 19.4. The van der Waals surface area contributed by atoms with E-state index in [9.17, 15) is 14.9 Å². The van der Waals surface area contributed by atoms with E-state index in [-0.39, 0.29) is 6.42 Å². The summed E-state index contributed by atoms with van der Waals surface area (Å²) in [5, 5.41) is 8.46. The highest BCUT2D eigenvalue weighted by molar-refractivity contribution is 6.24. The lowest BCUT2D eigenvalue weighted by atomic mass is 9.73. The smallest absolute Gasteiger partial charge is 0.421 e. The lowest BCUT2D eigenvalue weighted by molar-refractivity contribution is -0.123. The topological polar surface area (TPSA) is 70.4 Å². The Balaban J connectivity index is 2.13. The number of rotatable bonds is 4. The van der Waals surface area contributed by atoms with Gasteiger partial charge in [-0.1, -0.05) is 48.5 Å². The van der Waals surface area contributed by atoms with E-state index < -0.39 is 28.4 Å². The van der Waals surface area contributed by atoms with Gasteiger partial charge in [0.15, 0.2) is 0 Å². The number of benzene rings is 2. The van der Waals surface area contributed by atoms with Gasteiger partial charge in [-0.3, -0.25) is 4.79 Å². The van der Waals surface area contributed by atoms with Crippen molar-refractivity contribution in [3.63, 3.8) is 0 Å². The Labute approximate surface area is 175 Å². The van der Waals surface area contributed by atoms with Gasteiger partial charge >= 0.3 is 6.09 Å². The van der Waals surface area contributed by atoms with Crippen LogP contribution in [0, 0.1) is 11.3 Å². The molecule has 1 heterocycles. The Bertz CT molecular complexity index is 962. The molecule has 5 nitrogen and oxygen atoms in total. The van der Waals surface area contributed by atoms with Gasteiger partial charge in [0, 0.05) is 0 Å². The van der Waals surface area contributed by atoms with Crippen molar-refractivity contribution >= 4 is 29.3 Å². The lowest BCUT2D eigenvalue weighted by Gasteiger charge is -2.30. The average Bonchev–Trinajstić information content (AvgIpc) is 2.89. The molecule has 0 radical (unpaired) electrons. The zero-order valence-electron chi connectivity index (χ0n) is 16.7. The molecule has 2 amide bonds. The number of ether oxygens (including phenoxy) is 1. The van der Waals surface area contributed by atoms with Gasteiger partial charge < -0.3 is 4.74 Å². The first-order valence-corrected chi connectivity index (χ1v) is 9.86. The van der Waals surface area contributed by atoms with Crippen molar-refractivity contribution in [3.8, 4) is 6.07 Å². The Kier molecular flexibility index (Phi) is 5.68. The third-order valence-electron chi connectivity index (χ3n) is 4.87. The molecule has 150 valence electrons. The lowest BCUT2D eigenvalue weighted by Crippen LogP contribution is -2.47. The first-order chi connectivity index (χ1) is 13.7. The summed E-state index contributed by atoms with van der Waals surface area (Å²) in [6.45, 7) is 5.25. The number of hydrogen-bond acceptors (Lipinski definition) is 4. The molecule has 0 saturated carbocycles. The van der Waals surface area contributed by atoms with Gasteiger partial charge in [0.1, 0.15) is 11.0 Å². The van der Waals surface area contributed by atoms with Crippen molar-refractivity contribution in [1.29, 1.82) is 5.26 Å². The highest BCUT2D eigenvalue weighted by Crippen LogP contribution is 2.47. The Morgan fingerprint density at radius 1 is 1.17 bits per heavy atom. The van der Waals surface area contributed by atoms with Crippen LogP contribution in [0.25, 0.3) is 0 Å². The standard InChI is InChI=1S/C23H23ClN2O3/c1-22(2,3)29-21(28)26-19-12-8-7-11-18(19)23(20(26)27,14-17(24)15-25)13-16-9-5-4-6-10-16/h4-12,17H,13-14H2,1-3H3/t17-,23-/m0/s1. The van der Waals surface area contributed by atoms with Gasteiger partial charge in [0.25, 0.3) is 0 Å². The number of anilines is 1. The molecule has 1 aliphatic heterocycles. The maximum absolute atomic E-state index is 13.7. The second-order valence-corrected chi connectivity index (χ2v) is 8.71. The SMILES string of the molecule is CC(C)(C)OC(=O)N1C(=O)[C@@](Cc2ccccc2)(C[C@H](Cl)C#N)c2ccccc21. The second-order valence-electron chi connectivity index (χ2n) is 8.18. The van der Waals surface area contributed by atoms with Gasteiger partial charge in [-0.25, -0.2) is 9.69 Å². The van der Waals surface area contributed by atoms with Crippen LogP contribution < -0.4 is 4.90 Å². The molecule has 0 spiro atoms. The number of imide groups is 1. The predicted octanol–water partition coefficient (Wildman–Crippen LogP) is 4.97. The summed E-state index contributed by atoms with van der Waals surface area (Å²) >= 11 is 6.22. The first-order valence-electron chi connectivity index (χ1n) is 9.42. The van der Waals surface area contributed by atoms with Gasteiger partial charge in [-0.15, -0.1) is 11.6 Å². The predicted molar refractivity (Wildman–Crippen MR) is 112 cm³/mol. The third kappa shape index (κ3) is 4.13. The van der Waals surface area contributed by atoms with Crippen LogP contribution in [0.3, 0.4) is 0 Å².